The zero-order valence-electron chi connectivity index (χ0n) is 22.4. The van der Waals surface area contributed by atoms with Crippen LogP contribution in [0.1, 0.15) is 72.8 Å². The highest BCUT2D eigenvalue weighted by Gasteiger charge is 2.20. The highest BCUT2D eigenvalue weighted by molar-refractivity contribution is 9.10. The van der Waals surface area contributed by atoms with Crippen LogP contribution >= 0.6 is 15.9 Å². The molecule has 2 unspecified atom stereocenters. The van der Waals surface area contributed by atoms with Gasteiger partial charge < -0.3 is 10.4 Å². The molecule has 0 saturated carbocycles. The van der Waals surface area contributed by atoms with Crippen molar-refractivity contribution in [1.82, 2.24) is 25.9 Å². The van der Waals surface area contributed by atoms with Crippen LogP contribution in [-0.2, 0) is 13.0 Å². The molecule has 0 aliphatic heterocycles. The molecule has 1 aromatic heterocycles. The number of anilines is 1. The van der Waals surface area contributed by atoms with Crippen molar-refractivity contribution >= 4 is 33.2 Å². The maximum atomic E-state index is 13.7. The van der Waals surface area contributed by atoms with E-state index in [9.17, 15) is 9.90 Å². The SMILES string of the molecule is CC(NC(=O)N(Cc1ccc(C(O)Cc2nn[nH]n2)cc1)c1ccc(C2=CCCCC2)cc1)c1ccc(Br)cc1. The Morgan fingerprint density at radius 1 is 1.02 bits per heavy atom. The van der Waals surface area contributed by atoms with Crippen LogP contribution in [0.25, 0.3) is 5.57 Å². The fourth-order valence-electron chi connectivity index (χ4n) is 4.92. The van der Waals surface area contributed by atoms with Gasteiger partial charge in [-0.3, -0.25) is 4.90 Å². The molecule has 0 radical (unpaired) electrons. The first-order valence-electron chi connectivity index (χ1n) is 13.6. The fraction of sp³-hybridized carbons (Fsp3) is 0.290. The Kier molecular flexibility index (Phi) is 9.03. The Balaban J connectivity index is 1.35. The molecule has 9 heteroatoms. The van der Waals surface area contributed by atoms with Crippen LogP contribution in [0, 0.1) is 0 Å². The lowest BCUT2D eigenvalue weighted by atomic mass is 9.93. The number of amides is 2. The van der Waals surface area contributed by atoms with Crippen LogP contribution in [0.15, 0.2) is 83.3 Å². The fourth-order valence-corrected chi connectivity index (χ4v) is 5.19. The number of tetrazole rings is 1. The van der Waals surface area contributed by atoms with Crippen LogP contribution in [0.2, 0.25) is 0 Å². The number of halogens is 1. The van der Waals surface area contributed by atoms with Gasteiger partial charge in [0.25, 0.3) is 0 Å². The molecule has 2 atom stereocenters. The Bertz CT molecular complexity index is 1420. The van der Waals surface area contributed by atoms with Crippen molar-refractivity contribution in [1.29, 1.82) is 0 Å². The van der Waals surface area contributed by atoms with Gasteiger partial charge in [-0.1, -0.05) is 75.8 Å². The molecule has 0 fully saturated rings. The first kappa shape index (κ1) is 27.7. The average Bonchev–Trinajstić information content (AvgIpc) is 3.50. The molecule has 206 valence electrons. The van der Waals surface area contributed by atoms with E-state index < -0.39 is 6.10 Å². The summed E-state index contributed by atoms with van der Waals surface area (Å²) in [6.07, 6.45) is 6.53. The number of urea groups is 1. The summed E-state index contributed by atoms with van der Waals surface area (Å²) < 4.78 is 0.996. The third-order valence-corrected chi connectivity index (χ3v) is 7.79. The van der Waals surface area contributed by atoms with E-state index in [4.69, 9.17) is 0 Å². The van der Waals surface area contributed by atoms with E-state index in [2.05, 4.69) is 60.1 Å². The van der Waals surface area contributed by atoms with Crippen molar-refractivity contribution < 1.29 is 9.90 Å². The van der Waals surface area contributed by atoms with Crippen molar-refractivity contribution in [3.8, 4) is 0 Å². The normalized spacial score (nSPS) is 14.7. The number of aromatic nitrogens is 4. The number of benzene rings is 3. The van der Waals surface area contributed by atoms with Crippen LogP contribution in [0.4, 0.5) is 10.5 Å². The van der Waals surface area contributed by atoms with Gasteiger partial charge >= 0.3 is 6.03 Å². The molecule has 3 N–H and O–H groups in total. The highest BCUT2D eigenvalue weighted by atomic mass is 79.9. The number of nitrogens with zero attached hydrogens (tertiary/aromatic N) is 4. The predicted molar refractivity (Wildman–Crippen MR) is 159 cm³/mol. The lowest BCUT2D eigenvalue weighted by Gasteiger charge is -2.26. The van der Waals surface area contributed by atoms with E-state index in [1.54, 1.807) is 4.90 Å². The van der Waals surface area contributed by atoms with Gasteiger partial charge in [0.2, 0.25) is 0 Å². The smallest absolute Gasteiger partial charge is 0.322 e. The van der Waals surface area contributed by atoms with E-state index in [0.717, 1.165) is 39.7 Å². The quantitative estimate of drug-likeness (QED) is 0.199. The molecular weight excluding hydrogens is 568 g/mol. The monoisotopic (exact) mass is 600 g/mol. The first-order chi connectivity index (χ1) is 19.5. The summed E-state index contributed by atoms with van der Waals surface area (Å²) in [6, 6.07) is 23.5. The Labute approximate surface area is 242 Å². The number of aliphatic hydroxyl groups is 1. The maximum Gasteiger partial charge on any atom is 0.322 e. The number of hydrogen-bond donors (Lipinski definition) is 3. The number of carbonyl (C=O) groups is 1. The Hall–Kier alpha value is -3.82. The van der Waals surface area contributed by atoms with Gasteiger partial charge in [-0.05, 0) is 84.7 Å². The number of carbonyl (C=O) groups excluding carboxylic acids is 1. The summed E-state index contributed by atoms with van der Waals surface area (Å²) in [6.45, 7) is 2.36. The Morgan fingerprint density at radius 3 is 2.40 bits per heavy atom. The second-order valence-electron chi connectivity index (χ2n) is 10.1. The molecule has 0 bridgehead atoms. The van der Waals surface area contributed by atoms with Gasteiger partial charge in [0.1, 0.15) is 0 Å². The Morgan fingerprint density at radius 2 is 1.75 bits per heavy atom. The summed E-state index contributed by atoms with van der Waals surface area (Å²) in [5.41, 5.74) is 6.14. The van der Waals surface area contributed by atoms with Crippen molar-refractivity contribution in [2.75, 3.05) is 4.90 Å². The largest absolute Gasteiger partial charge is 0.388 e. The van der Waals surface area contributed by atoms with Gasteiger partial charge in [0.15, 0.2) is 5.82 Å². The number of nitrogens with one attached hydrogen (secondary N) is 2. The maximum absolute atomic E-state index is 13.7. The van der Waals surface area contributed by atoms with Crippen molar-refractivity contribution in [2.45, 2.75) is 57.7 Å². The first-order valence-corrected chi connectivity index (χ1v) is 14.4. The zero-order chi connectivity index (χ0) is 27.9. The second kappa shape index (κ2) is 13.0. The second-order valence-corrected chi connectivity index (χ2v) is 11.0. The molecule has 4 aromatic rings. The highest BCUT2D eigenvalue weighted by Crippen LogP contribution is 2.29. The molecule has 0 saturated heterocycles. The third kappa shape index (κ3) is 7.03. The van der Waals surface area contributed by atoms with Crippen LogP contribution in [0.3, 0.4) is 0 Å². The summed E-state index contributed by atoms with van der Waals surface area (Å²) in [4.78, 5) is 15.4. The van der Waals surface area contributed by atoms with Gasteiger partial charge in [0, 0.05) is 16.6 Å². The standard InChI is InChI=1S/C31H33BrN6O2/c1-21(23-11-15-27(32)16-12-23)33-31(40)38(28-17-13-25(14-18-28)24-5-3-2-4-6-24)20-22-7-9-26(10-8-22)29(39)19-30-34-36-37-35-30/h5,7-18,21,29,39H,2-4,6,19-20H2,1H3,(H,33,40)(H,34,35,36,37). The number of hydrogen-bond acceptors (Lipinski definition) is 5. The summed E-state index contributed by atoms with van der Waals surface area (Å²) in [5.74, 6) is 0.451. The van der Waals surface area contributed by atoms with E-state index in [1.165, 1.54) is 24.0 Å². The van der Waals surface area contributed by atoms with Crippen LogP contribution < -0.4 is 10.2 Å². The molecule has 1 aliphatic carbocycles. The molecule has 2 amide bonds. The minimum absolute atomic E-state index is 0.169. The van der Waals surface area contributed by atoms with E-state index in [1.807, 2.05) is 67.6 Å². The molecule has 0 spiro atoms. The van der Waals surface area contributed by atoms with E-state index in [0.29, 0.717) is 12.4 Å². The molecule has 1 aliphatic rings. The van der Waals surface area contributed by atoms with Crippen molar-refractivity contribution in [3.63, 3.8) is 0 Å². The zero-order valence-corrected chi connectivity index (χ0v) is 24.0. The third-order valence-electron chi connectivity index (χ3n) is 7.27. The lowest BCUT2D eigenvalue weighted by Crippen LogP contribution is -2.40. The minimum Gasteiger partial charge on any atom is -0.388 e. The van der Waals surface area contributed by atoms with Crippen molar-refractivity contribution in [3.05, 3.63) is 111 Å². The molecule has 8 nitrogen and oxygen atoms in total. The predicted octanol–water partition coefficient (Wildman–Crippen LogP) is 6.67. The minimum atomic E-state index is -0.751. The summed E-state index contributed by atoms with van der Waals surface area (Å²) in [5, 5.41) is 27.5. The average molecular weight is 602 g/mol. The number of aromatic amines is 1. The summed E-state index contributed by atoms with van der Waals surface area (Å²) in [7, 11) is 0. The molecule has 5 rings (SSSR count). The van der Waals surface area contributed by atoms with Crippen LogP contribution in [-0.4, -0.2) is 31.8 Å². The molecule has 3 aromatic carbocycles. The number of aliphatic hydroxyl groups excluding tert-OH is 1. The number of allylic oxidation sites excluding steroid dienone is 2. The molecule has 40 heavy (non-hydrogen) atoms. The lowest BCUT2D eigenvalue weighted by molar-refractivity contribution is 0.176. The van der Waals surface area contributed by atoms with Gasteiger partial charge in [-0.25, -0.2) is 4.79 Å². The van der Waals surface area contributed by atoms with Gasteiger partial charge in [-0.15, -0.1) is 10.2 Å². The topological polar surface area (TPSA) is 107 Å². The molecular formula is C31H33BrN6O2. The summed E-state index contributed by atoms with van der Waals surface area (Å²) >= 11 is 3.47. The van der Waals surface area contributed by atoms with Gasteiger partial charge in [-0.2, -0.15) is 5.21 Å². The van der Waals surface area contributed by atoms with Crippen LogP contribution in [0.5, 0.6) is 0 Å². The van der Waals surface area contributed by atoms with E-state index >= 15 is 0 Å². The molecule has 1 heterocycles. The van der Waals surface area contributed by atoms with Crippen molar-refractivity contribution in [2.24, 2.45) is 0 Å². The number of H-pyrrole nitrogens is 1. The van der Waals surface area contributed by atoms with Gasteiger partial charge in [0.05, 0.1) is 18.7 Å². The number of rotatable bonds is 9. The van der Waals surface area contributed by atoms with E-state index in [-0.39, 0.29) is 18.5 Å².